The summed E-state index contributed by atoms with van der Waals surface area (Å²) in [5, 5.41) is 22.6. The van der Waals surface area contributed by atoms with Crippen molar-refractivity contribution >= 4 is 35.3 Å². The van der Waals surface area contributed by atoms with Gasteiger partial charge in [0.1, 0.15) is 28.9 Å². The largest absolute Gasteiger partial charge is 0.496 e. The predicted octanol–water partition coefficient (Wildman–Crippen LogP) is 2.14. The van der Waals surface area contributed by atoms with Crippen LogP contribution in [0.5, 0.6) is 17.2 Å². The summed E-state index contributed by atoms with van der Waals surface area (Å²) >= 11 is 0. The van der Waals surface area contributed by atoms with Crippen molar-refractivity contribution in [3.05, 3.63) is 51.1 Å². The minimum absolute atomic E-state index is 0.00497. The number of fused-ring (bicyclic) bond motifs is 2. The van der Waals surface area contributed by atoms with Crippen molar-refractivity contribution in [3.63, 3.8) is 0 Å². The Morgan fingerprint density at radius 3 is 1.76 bits per heavy atom. The molecule has 5 atom stereocenters. The molecular formula is C31H32O14. The highest BCUT2D eigenvalue weighted by atomic mass is 16.6. The zero-order valence-electron chi connectivity index (χ0n) is 25.8. The molecule has 2 aromatic carbocycles. The lowest BCUT2D eigenvalue weighted by Gasteiger charge is -2.49. The molecule has 1 fully saturated rings. The third kappa shape index (κ3) is 4.99. The molecule has 1 heterocycles. The minimum atomic E-state index is -2.91. The van der Waals surface area contributed by atoms with Gasteiger partial charge in [-0.05, 0) is 38.5 Å². The van der Waals surface area contributed by atoms with Crippen LogP contribution in [0.4, 0.5) is 0 Å². The number of rotatable bonds is 8. The lowest BCUT2D eigenvalue weighted by atomic mass is 9.71. The molecule has 0 saturated carbocycles. The Labute approximate surface area is 257 Å². The molecule has 1 saturated heterocycles. The first kappa shape index (κ1) is 33.1. The Morgan fingerprint density at radius 2 is 1.33 bits per heavy atom. The summed E-state index contributed by atoms with van der Waals surface area (Å²) in [6.45, 7) is 5.68. The Kier molecular flexibility index (Phi) is 8.77. The molecule has 240 valence electrons. The minimum Gasteiger partial charge on any atom is -0.496 e. The van der Waals surface area contributed by atoms with Crippen molar-refractivity contribution in [2.45, 2.75) is 64.6 Å². The zero-order chi connectivity index (χ0) is 33.7. The van der Waals surface area contributed by atoms with E-state index in [1.807, 2.05) is 0 Å². The monoisotopic (exact) mass is 628 g/mol. The maximum absolute atomic E-state index is 14.5. The first-order valence-electron chi connectivity index (χ1n) is 13.6. The molecule has 1 unspecified atom stereocenters. The van der Waals surface area contributed by atoms with E-state index in [4.69, 9.17) is 28.4 Å². The van der Waals surface area contributed by atoms with E-state index in [1.54, 1.807) is 0 Å². The number of methoxy groups -OCH3 is 3. The van der Waals surface area contributed by atoms with E-state index in [2.05, 4.69) is 0 Å². The quantitative estimate of drug-likeness (QED) is 0.344. The van der Waals surface area contributed by atoms with E-state index >= 15 is 0 Å². The van der Waals surface area contributed by atoms with E-state index in [0.29, 0.717) is 0 Å². The van der Waals surface area contributed by atoms with Crippen molar-refractivity contribution < 1.29 is 67.4 Å². The zero-order valence-corrected chi connectivity index (χ0v) is 25.8. The van der Waals surface area contributed by atoms with Crippen molar-refractivity contribution in [1.29, 1.82) is 0 Å². The first-order chi connectivity index (χ1) is 21.1. The van der Waals surface area contributed by atoms with E-state index in [0.717, 1.165) is 27.9 Å². The fraction of sp³-hybridized carbons (Fsp3) is 0.419. The normalized spacial score (nSPS) is 23.8. The van der Waals surface area contributed by atoms with Crippen LogP contribution in [0.3, 0.4) is 0 Å². The summed E-state index contributed by atoms with van der Waals surface area (Å²) in [6, 6.07) is 2.81. The number of carbonyl (C=O) groups is 6. The molecule has 0 spiro atoms. The number of aromatic carboxylic acids is 1. The van der Waals surface area contributed by atoms with Crippen LogP contribution in [-0.4, -0.2) is 90.7 Å². The van der Waals surface area contributed by atoms with E-state index < -0.39 is 87.7 Å². The van der Waals surface area contributed by atoms with Gasteiger partial charge in [-0.1, -0.05) is 0 Å². The van der Waals surface area contributed by atoms with Crippen LogP contribution in [0, 0.1) is 6.92 Å². The smallest absolute Gasteiger partial charge is 0.339 e. The number of hydrogen-bond donors (Lipinski definition) is 2. The number of hydrogen-bond acceptors (Lipinski definition) is 13. The number of esters is 2. The Morgan fingerprint density at radius 1 is 0.822 bits per heavy atom. The van der Waals surface area contributed by atoms with Crippen LogP contribution in [0.15, 0.2) is 12.1 Å². The molecule has 2 aromatic rings. The molecule has 2 N–H and O–H groups in total. The fourth-order valence-electron chi connectivity index (χ4n) is 6.11. The highest BCUT2D eigenvalue weighted by molar-refractivity contribution is 6.32. The number of ketones is 3. The molecule has 1 aliphatic heterocycles. The van der Waals surface area contributed by atoms with Crippen LogP contribution in [0.1, 0.15) is 87.1 Å². The molecule has 1 aliphatic carbocycles. The van der Waals surface area contributed by atoms with Gasteiger partial charge in [0.25, 0.3) is 0 Å². The predicted molar refractivity (Wildman–Crippen MR) is 151 cm³/mol. The molecule has 2 aliphatic rings. The van der Waals surface area contributed by atoms with Crippen molar-refractivity contribution in [2.24, 2.45) is 0 Å². The second-order valence-corrected chi connectivity index (χ2v) is 10.6. The average Bonchev–Trinajstić information content (AvgIpc) is 2.97. The van der Waals surface area contributed by atoms with E-state index in [-0.39, 0.29) is 33.8 Å². The van der Waals surface area contributed by atoms with Crippen molar-refractivity contribution in [1.82, 2.24) is 0 Å². The summed E-state index contributed by atoms with van der Waals surface area (Å²) in [5.74, 6) is -6.65. The van der Waals surface area contributed by atoms with E-state index in [1.165, 1.54) is 40.2 Å². The summed E-state index contributed by atoms with van der Waals surface area (Å²) in [7, 11) is 3.65. The summed E-state index contributed by atoms with van der Waals surface area (Å²) in [6.07, 6.45) is -6.66. The fourth-order valence-corrected chi connectivity index (χ4v) is 6.11. The molecule has 0 bridgehead atoms. The molecule has 0 amide bonds. The number of carboxylic acids is 1. The van der Waals surface area contributed by atoms with E-state index in [9.17, 15) is 39.0 Å². The van der Waals surface area contributed by atoms with Gasteiger partial charge in [-0.2, -0.15) is 0 Å². The number of ether oxygens (including phenoxy) is 6. The summed E-state index contributed by atoms with van der Waals surface area (Å²) in [5.41, 5.74) is -5.35. The number of carbonyl (C=O) groups excluding carboxylic acids is 5. The lowest BCUT2D eigenvalue weighted by molar-refractivity contribution is -0.269. The molecule has 0 aromatic heterocycles. The first-order valence-corrected chi connectivity index (χ1v) is 13.6. The Hall–Kier alpha value is -4.82. The van der Waals surface area contributed by atoms with Crippen molar-refractivity contribution in [2.75, 3.05) is 21.3 Å². The van der Waals surface area contributed by atoms with Gasteiger partial charge in [0.2, 0.25) is 0 Å². The Bertz CT molecular complexity index is 1660. The standard InChI is InChI=1S/C31H32O14/c1-11-18-22(25(36)21-17(41-7)10-9-16(40-6)20(21)24(18)35)23(27(42-8)19(11)30(37)38)28-31(39,13(3)32)29(45-15(5)34)26(12(2)43-28)44-14(4)33/h9-10,12,26,28-29,39H,1-8H3,(H,37,38)/t12-,26+,28?,29-,31+/m1/s1. The number of benzene rings is 2. The maximum Gasteiger partial charge on any atom is 0.339 e. The lowest BCUT2D eigenvalue weighted by Crippen LogP contribution is -2.67. The molecular weight excluding hydrogens is 596 g/mol. The molecule has 45 heavy (non-hydrogen) atoms. The van der Waals surface area contributed by atoms with Gasteiger partial charge in [0, 0.05) is 30.5 Å². The maximum atomic E-state index is 14.5. The number of aliphatic hydroxyl groups is 1. The topological polar surface area (TPSA) is 198 Å². The van der Waals surface area contributed by atoms with Gasteiger partial charge in [0.05, 0.1) is 38.6 Å². The van der Waals surface area contributed by atoms with Crippen LogP contribution in [0.25, 0.3) is 0 Å². The van der Waals surface area contributed by atoms with Crippen molar-refractivity contribution in [3.8, 4) is 17.2 Å². The second-order valence-electron chi connectivity index (χ2n) is 10.6. The summed E-state index contributed by atoms with van der Waals surface area (Å²) < 4.78 is 33.1. The average molecular weight is 629 g/mol. The summed E-state index contributed by atoms with van der Waals surface area (Å²) in [4.78, 5) is 79.2. The molecule has 14 nitrogen and oxygen atoms in total. The third-order valence-electron chi connectivity index (χ3n) is 8.00. The van der Waals surface area contributed by atoms with Crippen LogP contribution in [0.2, 0.25) is 0 Å². The SMILES string of the molecule is COc1ccc(OC)c2c1C(=O)c1c(C)c(C(=O)O)c(OC)c(C3O[C@H](C)[C@H](OC(C)=O)[C@@H](OC(C)=O)[C@]3(O)C(C)=O)c1C2=O. The van der Waals surface area contributed by atoms with Gasteiger partial charge in [-0.25, -0.2) is 4.79 Å². The molecule has 4 rings (SSSR count). The van der Waals surface area contributed by atoms with Gasteiger partial charge < -0.3 is 38.6 Å². The van der Waals surface area contributed by atoms with Crippen LogP contribution in [-0.2, 0) is 28.6 Å². The Balaban J connectivity index is 2.20. The third-order valence-corrected chi connectivity index (χ3v) is 8.00. The van der Waals surface area contributed by atoms with Crippen LogP contribution >= 0.6 is 0 Å². The highest BCUT2D eigenvalue weighted by Gasteiger charge is 2.63. The molecule has 14 heteroatoms. The van der Waals surface area contributed by atoms with Gasteiger partial charge in [-0.3, -0.25) is 24.0 Å². The van der Waals surface area contributed by atoms with Gasteiger partial charge in [0.15, 0.2) is 35.2 Å². The molecule has 0 radical (unpaired) electrons. The second kappa shape index (κ2) is 11.9. The highest BCUT2D eigenvalue weighted by Crippen LogP contribution is 2.52. The van der Waals surface area contributed by atoms with Gasteiger partial charge in [-0.15, -0.1) is 0 Å². The van der Waals surface area contributed by atoms with Crippen LogP contribution < -0.4 is 14.2 Å². The number of Topliss-reactive ketones (excluding diaryl/α,β-unsaturated/α-hetero) is 1. The number of carboxylic acid groups (broad SMARTS) is 1. The van der Waals surface area contributed by atoms with Gasteiger partial charge >= 0.3 is 17.9 Å².